The molecule has 0 aliphatic rings. The van der Waals surface area contributed by atoms with Gasteiger partial charge in [0, 0.05) is 35.1 Å². The summed E-state index contributed by atoms with van der Waals surface area (Å²) in [4.78, 5) is 32.2. The highest BCUT2D eigenvalue weighted by molar-refractivity contribution is 5.97. The number of nitrogens with zero attached hydrogens (tertiary/aromatic N) is 1. The van der Waals surface area contributed by atoms with Crippen LogP contribution in [0.4, 0.5) is 10.1 Å². The molecule has 0 aliphatic carbocycles. The van der Waals surface area contributed by atoms with E-state index in [-0.39, 0.29) is 22.7 Å². The van der Waals surface area contributed by atoms with Crippen LogP contribution in [0.3, 0.4) is 0 Å². The molecule has 36 heavy (non-hydrogen) atoms. The van der Waals surface area contributed by atoms with Gasteiger partial charge in [0.25, 0.3) is 5.56 Å². The second-order valence-corrected chi connectivity index (χ2v) is 8.44. The minimum absolute atomic E-state index is 0.253. The van der Waals surface area contributed by atoms with Gasteiger partial charge in [0.15, 0.2) is 0 Å². The lowest BCUT2D eigenvalue weighted by Crippen LogP contribution is -2.41. The van der Waals surface area contributed by atoms with E-state index in [0.717, 1.165) is 11.1 Å². The van der Waals surface area contributed by atoms with Crippen molar-refractivity contribution in [1.29, 1.82) is 0 Å². The number of hydrogen-bond donors (Lipinski definition) is 3. The first-order valence-corrected chi connectivity index (χ1v) is 11.5. The predicted molar refractivity (Wildman–Crippen MR) is 139 cm³/mol. The number of nitrogens with two attached hydrogens (primary N) is 1. The number of benzene rings is 3. The molecule has 3 aromatic carbocycles. The van der Waals surface area contributed by atoms with Crippen LogP contribution in [-0.4, -0.2) is 21.9 Å². The highest BCUT2D eigenvalue weighted by atomic mass is 19.1. The lowest BCUT2D eigenvalue weighted by molar-refractivity contribution is -0.117. The lowest BCUT2D eigenvalue weighted by atomic mass is 9.85. The standard InChI is InChI=1S/C29H23FN4O2/c30-24-16-20(13-14-21(24)23-17-33-28(35)22-12-7-15-32-27(22)23)34-29(36)26(31)25(18-8-3-1-4-9-18)19-10-5-2-6-11-19/h1-17,25-26H,31H2,(H,33,35)(H,34,36). The van der Waals surface area contributed by atoms with Crippen molar-refractivity contribution in [2.45, 2.75) is 12.0 Å². The third-order valence-electron chi connectivity index (χ3n) is 6.16. The van der Waals surface area contributed by atoms with Crippen molar-refractivity contribution in [3.05, 3.63) is 131 Å². The van der Waals surface area contributed by atoms with Crippen LogP contribution in [0.25, 0.3) is 22.0 Å². The SMILES string of the molecule is NC(C(=O)Nc1ccc(-c2c[nH]c(=O)c3cccnc23)c(F)c1)C(c1ccccc1)c1ccccc1. The summed E-state index contributed by atoms with van der Waals surface area (Å²) in [5.74, 6) is -1.38. The zero-order valence-corrected chi connectivity index (χ0v) is 19.2. The average molecular weight is 479 g/mol. The summed E-state index contributed by atoms with van der Waals surface area (Å²) in [6.07, 6.45) is 2.99. The van der Waals surface area contributed by atoms with Crippen LogP contribution in [0.5, 0.6) is 0 Å². The van der Waals surface area contributed by atoms with Crippen LogP contribution < -0.4 is 16.6 Å². The summed E-state index contributed by atoms with van der Waals surface area (Å²) in [6.45, 7) is 0. The summed E-state index contributed by atoms with van der Waals surface area (Å²) >= 11 is 0. The molecule has 1 amide bonds. The van der Waals surface area contributed by atoms with Crippen LogP contribution in [-0.2, 0) is 4.79 Å². The van der Waals surface area contributed by atoms with Gasteiger partial charge in [-0.3, -0.25) is 14.6 Å². The van der Waals surface area contributed by atoms with E-state index in [1.54, 1.807) is 30.5 Å². The van der Waals surface area contributed by atoms with E-state index in [2.05, 4.69) is 15.3 Å². The zero-order chi connectivity index (χ0) is 25.1. The summed E-state index contributed by atoms with van der Waals surface area (Å²) in [6, 6.07) is 25.9. The lowest BCUT2D eigenvalue weighted by Gasteiger charge is -2.24. The Kier molecular flexibility index (Phi) is 6.38. The average Bonchev–Trinajstić information content (AvgIpc) is 2.91. The van der Waals surface area contributed by atoms with Crippen molar-refractivity contribution in [2.75, 3.05) is 5.32 Å². The van der Waals surface area contributed by atoms with E-state index < -0.39 is 17.8 Å². The molecule has 0 saturated heterocycles. The second-order valence-electron chi connectivity index (χ2n) is 8.44. The number of amides is 1. The molecule has 0 aliphatic heterocycles. The third-order valence-corrected chi connectivity index (χ3v) is 6.16. The normalized spacial score (nSPS) is 12.0. The molecular formula is C29H23FN4O2. The Hall–Kier alpha value is -4.62. The number of nitrogens with one attached hydrogen (secondary N) is 2. The number of rotatable bonds is 6. The minimum atomic E-state index is -0.912. The Labute approximate surface area is 206 Å². The Morgan fingerprint density at radius 3 is 2.19 bits per heavy atom. The molecule has 2 aromatic heterocycles. The first-order valence-electron chi connectivity index (χ1n) is 11.5. The first kappa shape index (κ1) is 23.1. The third kappa shape index (κ3) is 4.52. The number of fused-ring (bicyclic) bond motifs is 1. The summed E-state index contributed by atoms with van der Waals surface area (Å²) in [5, 5.41) is 3.12. The van der Waals surface area contributed by atoms with Gasteiger partial charge in [-0.2, -0.15) is 0 Å². The Bertz CT molecular complexity index is 1550. The maximum absolute atomic E-state index is 15.2. The number of halogens is 1. The van der Waals surface area contributed by atoms with E-state index in [1.165, 1.54) is 12.3 Å². The highest BCUT2D eigenvalue weighted by Gasteiger charge is 2.28. The van der Waals surface area contributed by atoms with Gasteiger partial charge in [-0.15, -0.1) is 0 Å². The van der Waals surface area contributed by atoms with Crippen molar-refractivity contribution < 1.29 is 9.18 Å². The Balaban J connectivity index is 1.43. The van der Waals surface area contributed by atoms with Gasteiger partial charge in [-0.1, -0.05) is 60.7 Å². The maximum atomic E-state index is 15.2. The highest BCUT2D eigenvalue weighted by Crippen LogP contribution is 2.30. The fourth-order valence-electron chi connectivity index (χ4n) is 4.41. The monoisotopic (exact) mass is 478 g/mol. The molecule has 0 fully saturated rings. The molecule has 5 aromatic rings. The van der Waals surface area contributed by atoms with Crippen LogP contribution in [0, 0.1) is 5.82 Å². The predicted octanol–water partition coefficient (Wildman–Crippen LogP) is 4.83. The smallest absolute Gasteiger partial charge is 0.257 e. The topological polar surface area (TPSA) is 101 Å². The molecule has 4 N–H and O–H groups in total. The van der Waals surface area contributed by atoms with E-state index in [0.29, 0.717) is 16.5 Å². The van der Waals surface area contributed by atoms with Crippen molar-refractivity contribution in [1.82, 2.24) is 9.97 Å². The summed E-state index contributed by atoms with van der Waals surface area (Å²) in [7, 11) is 0. The van der Waals surface area contributed by atoms with Gasteiger partial charge < -0.3 is 16.0 Å². The molecule has 0 radical (unpaired) electrons. The van der Waals surface area contributed by atoms with Crippen molar-refractivity contribution in [2.24, 2.45) is 5.73 Å². The van der Waals surface area contributed by atoms with Gasteiger partial charge in [-0.25, -0.2) is 4.39 Å². The van der Waals surface area contributed by atoms with Gasteiger partial charge in [0.1, 0.15) is 5.82 Å². The van der Waals surface area contributed by atoms with E-state index in [1.807, 2.05) is 60.7 Å². The maximum Gasteiger partial charge on any atom is 0.257 e. The van der Waals surface area contributed by atoms with Gasteiger partial charge in [-0.05, 0) is 41.5 Å². The molecule has 0 spiro atoms. The van der Waals surface area contributed by atoms with Crippen LogP contribution in [0.15, 0.2) is 108 Å². The van der Waals surface area contributed by atoms with Crippen molar-refractivity contribution >= 4 is 22.5 Å². The fraction of sp³-hybridized carbons (Fsp3) is 0.0690. The molecule has 7 heteroatoms. The van der Waals surface area contributed by atoms with Crippen LogP contribution >= 0.6 is 0 Å². The van der Waals surface area contributed by atoms with Crippen molar-refractivity contribution in [3.63, 3.8) is 0 Å². The molecule has 5 rings (SSSR count). The van der Waals surface area contributed by atoms with Gasteiger partial charge >= 0.3 is 0 Å². The molecule has 2 heterocycles. The van der Waals surface area contributed by atoms with Crippen LogP contribution in [0.2, 0.25) is 0 Å². The molecule has 0 saturated carbocycles. The van der Waals surface area contributed by atoms with Gasteiger partial charge in [0.2, 0.25) is 5.91 Å². The molecule has 1 unspecified atom stereocenters. The summed E-state index contributed by atoms with van der Waals surface area (Å²) in [5.41, 5.74) is 9.35. The largest absolute Gasteiger partial charge is 0.328 e. The molecule has 0 bridgehead atoms. The van der Waals surface area contributed by atoms with Crippen molar-refractivity contribution in [3.8, 4) is 11.1 Å². The van der Waals surface area contributed by atoms with E-state index in [4.69, 9.17) is 5.73 Å². The number of pyridine rings is 2. The number of aromatic nitrogens is 2. The minimum Gasteiger partial charge on any atom is -0.328 e. The number of aromatic amines is 1. The first-order chi connectivity index (χ1) is 17.5. The molecular weight excluding hydrogens is 455 g/mol. The van der Waals surface area contributed by atoms with Gasteiger partial charge in [0.05, 0.1) is 16.9 Å². The number of anilines is 1. The number of hydrogen-bond acceptors (Lipinski definition) is 4. The fourth-order valence-corrected chi connectivity index (χ4v) is 4.41. The Morgan fingerprint density at radius 1 is 0.889 bits per heavy atom. The zero-order valence-electron chi connectivity index (χ0n) is 19.2. The van der Waals surface area contributed by atoms with E-state index >= 15 is 4.39 Å². The second kappa shape index (κ2) is 9.93. The molecule has 1 atom stereocenters. The van der Waals surface area contributed by atoms with Crippen LogP contribution in [0.1, 0.15) is 17.0 Å². The molecule has 6 nitrogen and oxygen atoms in total. The Morgan fingerprint density at radius 2 is 1.56 bits per heavy atom. The summed E-state index contributed by atoms with van der Waals surface area (Å²) < 4.78 is 15.2. The number of carbonyl (C=O) groups is 1. The quantitative estimate of drug-likeness (QED) is 0.325. The number of carbonyl (C=O) groups excluding carboxylic acids is 1. The van der Waals surface area contributed by atoms with E-state index in [9.17, 15) is 9.59 Å². The number of H-pyrrole nitrogens is 1. The molecule has 178 valence electrons.